The number of hydrogen-bond acceptors (Lipinski definition) is 1. The van der Waals surface area contributed by atoms with Crippen molar-refractivity contribution in [3.05, 3.63) is 0 Å². The van der Waals surface area contributed by atoms with Crippen LogP contribution in [0.1, 0.15) is 51.9 Å². The van der Waals surface area contributed by atoms with Gasteiger partial charge >= 0.3 is 0 Å². The van der Waals surface area contributed by atoms with Gasteiger partial charge in [0.1, 0.15) is 0 Å². The van der Waals surface area contributed by atoms with Crippen molar-refractivity contribution in [1.29, 1.82) is 0 Å². The van der Waals surface area contributed by atoms with Crippen molar-refractivity contribution in [3.63, 3.8) is 0 Å². The molecule has 0 unspecified atom stereocenters. The fraction of sp³-hybridized carbons (Fsp3) is 0.909. The van der Waals surface area contributed by atoms with Crippen molar-refractivity contribution in [2.45, 2.75) is 57.9 Å². The van der Waals surface area contributed by atoms with Crippen LogP contribution in [0.25, 0.3) is 0 Å². The van der Waals surface area contributed by atoms with Crippen LogP contribution in [0.15, 0.2) is 0 Å². The smallest absolute Gasteiger partial charge is 0.226 e. The van der Waals surface area contributed by atoms with Crippen LogP contribution in [0.5, 0.6) is 0 Å². The molecule has 2 aliphatic carbocycles. The van der Waals surface area contributed by atoms with Crippen molar-refractivity contribution >= 4 is 5.91 Å². The van der Waals surface area contributed by atoms with Crippen LogP contribution in [0, 0.1) is 5.41 Å². The number of rotatable bonds is 2. The Bertz CT molecular complexity index is 202. The fourth-order valence-electron chi connectivity index (χ4n) is 2.02. The van der Waals surface area contributed by atoms with Crippen LogP contribution in [0.2, 0.25) is 0 Å². The first-order valence-corrected chi connectivity index (χ1v) is 5.52. The summed E-state index contributed by atoms with van der Waals surface area (Å²) in [5.41, 5.74) is 0.0114. The van der Waals surface area contributed by atoms with Gasteiger partial charge in [-0.2, -0.15) is 0 Å². The first-order valence-electron chi connectivity index (χ1n) is 5.52. The molecule has 0 spiro atoms. The molecule has 0 saturated heterocycles. The monoisotopic (exact) mass is 181 g/mol. The van der Waals surface area contributed by atoms with Gasteiger partial charge in [-0.05, 0) is 25.7 Å². The predicted octanol–water partition coefficient (Wildman–Crippen LogP) is 2.24. The first kappa shape index (κ1) is 9.04. The van der Waals surface area contributed by atoms with E-state index in [4.69, 9.17) is 0 Å². The third kappa shape index (κ3) is 2.04. The Morgan fingerprint density at radius 2 is 1.85 bits per heavy atom. The lowest BCUT2D eigenvalue weighted by atomic mass is 9.95. The second-order valence-corrected chi connectivity index (χ2v) is 4.87. The number of hydrogen-bond donors (Lipinski definition) is 1. The van der Waals surface area contributed by atoms with Crippen LogP contribution in [0.3, 0.4) is 0 Å². The van der Waals surface area contributed by atoms with Crippen molar-refractivity contribution in [2.75, 3.05) is 0 Å². The van der Waals surface area contributed by atoms with E-state index in [0.717, 1.165) is 12.8 Å². The number of nitrogens with one attached hydrogen (secondary N) is 1. The summed E-state index contributed by atoms with van der Waals surface area (Å²) in [5, 5.41) is 3.18. The Labute approximate surface area is 80.1 Å². The highest BCUT2D eigenvalue weighted by Crippen LogP contribution is 2.45. The number of carbonyl (C=O) groups excluding carboxylic acids is 1. The highest BCUT2D eigenvalue weighted by Gasteiger charge is 2.45. The predicted molar refractivity (Wildman–Crippen MR) is 52.4 cm³/mol. The lowest BCUT2D eigenvalue weighted by molar-refractivity contribution is -0.126. The van der Waals surface area contributed by atoms with Gasteiger partial charge in [-0.15, -0.1) is 0 Å². The summed E-state index contributed by atoms with van der Waals surface area (Å²) in [7, 11) is 0. The SMILES string of the molecule is CC1(C(=O)NC2CCCCC2)CC1. The van der Waals surface area contributed by atoms with Gasteiger partial charge in [0.05, 0.1) is 0 Å². The van der Waals surface area contributed by atoms with Gasteiger partial charge in [-0.25, -0.2) is 0 Å². The average molecular weight is 181 g/mol. The van der Waals surface area contributed by atoms with Gasteiger partial charge < -0.3 is 5.32 Å². The standard InChI is InChI=1S/C11H19NO/c1-11(7-8-11)10(13)12-9-5-3-2-4-6-9/h9H,2-8H2,1H3,(H,12,13). The van der Waals surface area contributed by atoms with Crippen molar-refractivity contribution in [3.8, 4) is 0 Å². The molecule has 0 heterocycles. The first-order chi connectivity index (χ1) is 6.21. The molecule has 2 heteroatoms. The lowest BCUT2D eigenvalue weighted by Gasteiger charge is -2.24. The largest absolute Gasteiger partial charge is 0.353 e. The van der Waals surface area contributed by atoms with E-state index >= 15 is 0 Å². The molecule has 74 valence electrons. The summed E-state index contributed by atoms with van der Waals surface area (Å²) < 4.78 is 0. The Kier molecular flexibility index (Phi) is 2.31. The number of amides is 1. The van der Waals surface area contributed by atoms with E-state index in [9.17, 15) is 4.79 Å². The topological polar surface area (TPSA) is 29.1 Å². The highest BCUT2D eigenvalue weighted by molar-refractivity contribution is 5.84. The third-order valence-electron chi connectivity index (χ3n) is 3.49. The molecule has 0 aliphatic heterocycles. The van der Waals surface area contributed by atoms with Gasteiger partial charge in [-0.1, -0.05) is 26.2 Å². The summed E-state index contributed by atoms with van der Waals surface area (Å²) in [4.78, 5) is 11.7. The molecule has 0 aromatic rings. The van der Waals surface area contributed by atoms with E-state index < -0.39 is 0 Å². The average Bonchev–Trinajstić information content (AvgIpc) is 2.87. The Balaban J connectivity index is 1.79. The van der Waals surface area contributed by atoms with E-state index in [2.05, 4.69) is 12.2 Å². The second kappa shape index (κ2) is 3.32. The van der Waals surface area contributed by atoms with Gasteiger partial charge in [0.2, 0.25) is 5.91 Å². The molecule has 2 nitrogen and oxygen atoms in total. The van der Waals surface area contributed by atoms with Gasteiger partial charge in [0.15, 0.2) is 0 Å². The van der Waals surface area contributed by atoms with Crippen LogP contribution < -0.4 is 5.32 Å². The van der Waals surface area contributed by atoms with Gasteiger partial charge in [0, 0.05) is 11.5 Å². The van der Waals surface area contributed by atoms with Gasteiger partial charge in [-0.3, -0.25) is 4.79 Å². The maximum Gasteiger partial charge on any atom is 0.226 e. The summed E-state index contributed by atoms with van der Waals surface area (Å²) >= 11 is 0. The molecule has 2 saturated carbocycles. The zero-order chi connectivity index (χ0) is 9.31. The maximum absolute atomic E-state index is 11.7. The summed E-state index contributed by atoms with van der Waals surface area (Å²) in [6, 6.07) is 0.485. The van der Waals surface area contributed by atoms with E-state index in [-0.39, 0.29) is 5.41 Å². The lowest BCUT2D eigenvalue weighted by Crippen LogP contribution is -2.39. The number of carbonyl (C=O) groups is 1. The zero-order valence-electron chi connectivity index (χ0n) is 8.44. The Hall–Kier alpha value is -0.530. The molecule has 2 fully saturated rings. The van der Waals surface area contributed by atoms with E-state index in [1.54, 1.807) is 0 Å². The highest BCUT2D eigenvalue weighted by atomic mass is 16.2. The molecular formula is C11H19NO. The minimum Gasteiger partial charge on any atom is -0.353 e. The molecule has 0 aromatic carbocycles. The molecule has 13 heavy (non-hydrogen) atoms. The quantitative estimate of drug-likeness (QED) is 0.695. The Morgan fingerprint density at radius 3 is 2.38 bits per heavy atom. The van der Waals surface area contributed by atoms with Crippen LogP contribution >= 0.6 is 0 Å². The molecular weight excluding hydrogens is 162 g/mol. The molecule has 1 amide bonds. The van der Waals surface area contributed by atoms with Gasteiger partial charge in [0.25, 0.3) is 0 Å². The molecule has 0 radical (unpaired) electrons. The third-order valence-corrected chi connectivity index (χ3v) is 3.49. The fourth-order valence-corrected chi connectivity index (χ4v) is 2.02. The summed E-state index contributed by atoms with van der Waals surface area (Å²) in [6.45, 7) is 2.07. The molecule has 2 rings (SSSR count). The van der Waals surface area contributed by atoms with E-state index in [1.165, 1.54) is 32.1 Å². The van der Waals surface area contributed by atoms with Crippen LogP contribution in [-0.2, 0) is 4.79 Å². The molecule has 0 bridgehead atoms. The minimum atomic E-state index is 0.0114. The van der Waals surface area contributed by atoms with E-state index in [1.807, 2.05) is 0 Å². The van der Waals surface area contributed by atoms with Crippen LogP contribution in [0.4, 0.5) is 0 Å². The summed E-state index contributed by atoms with van der Waals surface area (Å²) in [5.74, 6) is 0.305. The Morgan fingerprint density at radius 1 is 1.23 bits per heavy atom. The van der Waals surface area contributed by atoms with Crippen molar-refractivity contribution in [2.24, 2.45) is 5.41 Å². The minimum absolute atomic E-state index is 0.0114. The second-order valence-electron chi connectivity index (χ2n) is 4.87. The maximum atomic E-state index is 11.7. The van der Waals surface area contributed by atoms with Crippen LogP contribution in [-0.4, -0.2) is 11.9 Å². The molecule has 2 aliphatic rings. The van der Waals surface area contributed by atoms with Crippen molar-refractivity contribution in [1.82, 2.24) is 5.32 Å². The van der Waals surface area contributed by atoms with Crippen molar-refractivity contribution < 1.29 is 4.79 Å². The zero-order valence-corrected chi connectivity index (χ0v) is 8.44. The molecule has 0 atom stereocenters. The normalized spacial score (nSPS) is 26.8. The molecule has 1 N–H and O–H groups in total. The summed E-state index contributed by atoms with van der Waals surface area (Å²) in [6.07, 6.45) is 8.51. The molecule has 0 aromatic heterocycles. The van der Waals surface area contributed by atoms with E-state index in [0.29, 0.717) is 11.9 Å².